The lowest BCUT2D eigenvalue weighted by atomic mass is 10.3. The lowest BCUT2D eigenvalue weighted by Crippen LogP contribution is -2.03. The molecule has 1 rings (SSSR count). The zero-order valence-corrected chi connectivity index (χ0v) is 9.98. The molecule has 0 atom stereocenters. The Bertz CT molecular complexity index is 370. The maximum Gasteiger partial charge on any atom is 0.355 e. The molecule has 0 aliphatic carbocycles. The number of aromatic nitrogens is 1. The molecule has 0 amide bonds. The van der Waals surface area contributed by atoms with Crippen molar-refractivity contribution in [3.63, 3.8) is 0 Å². The Morgan fingerprint density at radius 3 is 2.79 bits per heavy atom. The van der Waals surface area contributed by atoms with Gasteiger partial charge >= 0.3 is 5.97 Å². The van der Waals surface area contributed by atoms with Gasteiger partial charge < -0.3 is 9.84 Å². The second-order valence-electron chi connectivity index (χ2n) is 2.33. The minimum Gasteiger partial charge on any atom is -0.494 e. The predicted octanol–water partition coefficient (Wildman–Crippen LogP) is 2.27. The highest BCUT2D eigenvalue weighted by Gasteiger charge is 2.17. The second-order valence-corrected chi connectivity index (χ2v) is 3.97. The van der Waals surface area contributed by atoms with Crippen LogP contribution >= 0.6 is 27.7 Å². The van der Waals surface area contributed by atoms with Crippen molar-refractivity contribution < 1.29 is 14.6 Å². The van der Waals surface area contributed by atoms with E-state index in [-0.39, 0.29) is 5.69 Å². The Morgan fingerprint density at radius 2 is 2.36 bits per heavy atom. The van der Waals surface area contributed by atoms with E-state index in [9.17, 15) is 4.79 Å². The number of nitrogens with zero attached hydrogens (tertiary/aromatic N) is 1. The fraction of sp³-hybridized carbons (Fsp3) is 0.250. The molecule has 1 aromatic rings. The van der Waals surface area contributed by atoms with Gasteiger partial charge in [-0.1, -0.05) is 0 Å². The van der Waals surface area contributed by atoms with Crippen molar-refractivity contribution in [1.29, 1.82) is 0 Å². The van der Waals surface area contributed by atoms with Gasteiger partial charge in [-0.25, -0.2) is 9.78 Å². The second kappa shape index (κ2) is 4.65. The summed E-state index contributed by atoms with van der Waals surface area (Å²) < 4.78 is 5.46. The molecule has 76 valence electrons. The van der Waals surface area contributed by atoms with Crippen LogP contribution in [0.5, 0.6) is 5.75 Å². The van der Waals surface area contributed by atoms with Crippen LogP contribution in [0.4, 0.5) is 0 Å². The summed E-state index contributed by atoms with van der Waals surface area (Å²) in [6.45, 7) is 0. The summed E-state index contributed by atoms with van der Waals surface area (Å²) in [7, 11) is 1.49. The van der Waals surface area contributed by atoms with Gasteiger partial charge in [0.15, 0.2) is 11.4 Å². The maximum atomic E-state index is 10.7. The molecule has 14 heavy (non-hydrogen) atoms. The number of carboxylic acids is 1. The third-order valence-corrected chi connectivity index (χ3v) is 3.03. The first-order valence-corrected chi connectivity index (χ1v) is 5.63. The van der Waals surface area contributed by atoms with Crippen molar-refractivity contribution in [1.82, 2.24) is 4.98 Å². The van der Waals surface area contributed by atoms with Gasteiger partial charge in [0, 0.05) is 6.20 Å². The zero-order valence-electron chi connectivity index (χ0n) is 7.57. The number of aromatic carboxylic acids is 1. The van der Waals surface area contributed by atoms with E-state index in [0.29, 0.717) is 10.2 Å². The monoisotopic (exact) mass is 277 g/mol. The van der Waals surface area contributed by atoms with E-state index >= 15 is 0 Å². The Labute approximate surface area is 93.8 Å². The number of carboxylic acid groups (broad SMARTS) is 1. The van der Waals surface area contributed by atoms with Crippen LogP contribution < -0.4 is 4.74 Å². The van der Waals surface area contributed by atoms with Crippen LogP contribution in [0.15, 0.2) is 15.6 Å². The summed E-state index contributed by atoms with van der Waals surface area (Å²) in [6.07, 6.45) is 3.35. The summed E-state index contributed by atoms with van der Waals surface area (Å²) in [6, 6.07) is 0. The van der Waals surface area contributed by atoms with Gasteiger partial charge in [-0.2, -0.15) is 0 Å². The Hall–Kier alpha value is -0.750. The summed E-state index contributed by atoms with van der Waals surface area (Å²) in [5.74, 6) is -0.576. The van der Waals surface area contributed by atoms with Crippen molar-refractivity contribution in [3.8, 4) is 5.75 Å². The number of ether oxygens (including phenoxy) is 1. The van der Waals surface area contributed by atoms with Gasteiger partial charge in [0.2, 0.25) is 0 Å². The molecule has 0 saturated heterocycles. The summed E-state index contributed by atoms with van der Waals surface area (Å²) in [4.78, 5) is 15.3. The molecule has 0 aliphatic rings. The smallest absolute Gasteiger partial charge is 0.355 e. The number of methoxy groups -OCH3 is 1. The molecule has 0 fully saturated rings. The standard InChI is InChI=1S/C8H8BrNO3S/c1-13-7-4(14-2)3-10-6(5(7)9)8(11)12/h3H,1-2H3,(H,11,12). The normalized spacial score (nSPS) is 9.93. The van der Waals surface area contributed by atoms with Crippen LogP contribution in [-0.4, -0.2) is 29.4 Å². The highest BCUT2D eigenvalue weighted by Crippen LogP contribution is 2.35. The van der Waals surface area contributed by atoms with Gasteiger partial charge in [0.05, 0.1) is 16.5 Å². The third-order valence-electron chi connectivity index (χ3n) is 1.57. The molecule has 0 bridgehead atoms. The first kappa shape index (κ1) is 11.3. The molecule has 0 radical (unpaired) electrons. The molecular weight excluding hydrogens is 270 g/mol. The number of carbonyl (C=O) groups is 1. The van der Waals surface area contributed by atoms with Gasteiger partial charge in [-0.3, -0.25) is 0 Å². The molecule has 0 aliphatic heterocycles. The lowest BCUT2D eigenvalue weighted by Gasteiger charge is -2.09. The summed E-state index contributed by atoms with van der Waals surface area (Å²) >= 11 is 4.60. The summed E-state index contributed by atoms with van der Waals surface area (Å²) in [5.41, 5.74) is -0.0420. The van der Waals surface area contributed by atoms with E-state index in [0.717, 1.165) is 4.90 Å². The maximum absolute atomic E-state index is 10.7. The van der Waals surface area contributed by atoms with Crippen molar-refractivity contribution in [3.05, 3.63) is 16.4 Å². The van der Waals surface area contributed by atoms with Crippen LogP contribution in [0.3, 0.4) is 0 Å². The number of thioether (sulfide) groups is 1. The number of hydrogen-bond acceptors (Lipinski definition) is 4. The Kier molecular flexibility index (Phi) is 3.77. The molecule has 1 N–H and O–H groups in total. The fourth-order valence-corrected chi connectivity index (χ4v) is 2.25. The van der Waals surface area contributed by atoms with E-state index < -0.39 is 5.97 Å². The van der Waals surface area contributed by atoms with Crippen LogP contribution in [0.25, 0.3) is 0 Å². The Morgan fingerprint density at radius 1 is 1.71 bits per heavy atom. The van der Waals surface area contributed by atoms with Crippen LogP contribution in [0, 0.1) is 0 Å². The Balaban J connectivity index is 3.34. The lowest BCUT2D eigenvalue weighted by molar-refractivity contribution is 0.0688. The first-order valence-electron chi connectivity index (χ1n) is 3.61. The molecular formula is C8H8BrNO3S. The van der Waals surface area contributed by atoms with Crippen molar-refractivity contribution in [2.75, 3.05) is 13.4 Å². The predicted molar refractivity (Wildman–Crippen MR) is 57.2 cm³/mol. The molecule has 0 aromatic carbocycles. The SMILES string of the molecule is COc1c(SC)cnc(C(=O)O)c1Br. The van der Waals surface area contributed by atoms with E-state index in [1.165, 1.54) is 25.1 Å². The van der Waals surface area contributed by atoms with E-state index in [1.807, 2.05) is 6.26 Å². The number of halogens is 1. The van der Waals surface area contributed by atoms with Crippen molar-refractivity contribution >= 4 is 33.7 Å². The largest absolute Gasteiger partial charge is 0.494 e. The topological polar surface area (TPSA) is 59.4 Å². The van der Waals surface area contributed by atoms with E-state index in [1.54, 1.807) is 0 Å². The number of hydrogen-bond donors (Lipinski definition) is 1. The quantitative estimate of drug-likeness (QED) is 0.859. The van der Waals surface area contributed by atoms with Gasteiger partial charge in [0.25, 0.3) is 0 Å². The van der Waals surface area contributed by atoms with Gasteiger partial charge in [-0.05, 0) is 22.2 Å². The molecule has 1 aromatic heterocycles. The van der Waals surface area contributed by atoms with Crippen LogP contribution in [-0.2, 0) is 0 Å². The third kappa shape index (κ3) is 2.01. The molecule has 0 unspecified atom stereocenters. The first-order chi connectivity index (χ1) is 6.61. The minimum absolute atomic E-state index is 0.0420. The van der Waals surface area contributed by atoms with Gasteiger partial charge in [0.1, 0.15) is 0 Å². The van der Waals surface area contributed by atoms with Crippen LogP contribution in [0.1, 0.15) is 10.5 Å². The average molecular weight is 278 g/mol. The van der Waals surface area contributed by atoms with Gasteiger partial charge in [-0.15, -0.1) is 11.8 Å². The van der Waals surface area contributed by atoms with Crippen molar-refractivity contribution in [2.24, 2.45) is 0 Å². The van der Waals surface area contributed by atoms with Crippen LogP contribution in [0.2, 0.25) is 0 Å². The molecule has 6 heteroatoms. The highest BCUT2D eigenvalue weighted by molar-refractivity contribution is 9.10. The fourth-order valence-electron chi connectivity index (χ4n) is 0.939. The highest BCUT2D eigenvalue weighted by atomic mass is 79.9. The van der Waals surface area contributed by atoms with E-state index in [4.69, 9.17) is 9.84 Å². The average Bonchev–Trinajstić information content (AvgIpc) is 2.16. The summed E-state index contributed by atoms with van der Waals surface area (Å²) in [5, 5.41) is 8.79. The number of rotatable bonds is 3. The molecule has 4 nitrogen and oxygen atoms in total. The van der Waals surface area contributed by atoms with E-state index in [2.05, 4.69) is 20.9 Å². The molecule has 0 saturated carbocycles. The molecule has 1 heterocycles. The zero-order chi connectivity index (χ0) is 10.7. The molecule has 0 spiro atoms. The minimum atomic E-state index is -1.08. The number of pyridine rings is 1. The van der Waals surface area contributed by atoms with Crippen molar-refractivity contribution in [2.45, 2.75) is 4.90 Å².